The monoisotopic (exact) mass is 440 g/mol. The van der Waals surface area contributed by atoms with E-state index in [9.17, 15) is 0 Å². The summed E-state index contributed by atoms with van der Waals surface area (Å²) < 4.78 is 5.11. The topological polar surface area (TPSA) is 40.1 Å². The summed E-state index contributed by atoms with van der Waals surface area (Å²) in [6.45, 7) is 10.6. The van der Waals surface area contributed by atoms with Gasteiger partial charge in [-0.15, -0.1) is 24.0 Å². The zero-order valence-electron chi connectivity index (χ0n) is 15.7. The van der Waals surface area contributed by atoms with Gasteiger partial charge in [0.2, 0.25) is 0 Å². The molecule has 1 rings (SSSR count). The fourth-order valence-corrected chi connectivity index (χ4v) is 3.35. The van der Waals surface area contributed by atoms with Crippen molar-refractivity contribution in [3.63, 3.8) is 0 Å². The largest absolute Gasteiger partial charge is 0.383 e. The third-order valence-corrected chi connectivity index (χ3v) is 4.60. The number of likely N-dealkylation sites (N-methyl/N-ethyl adjacent to an activating group) is 1. The Morgan fingerprint density at radius 3 is 2.74 bits per heavy atom. The summed E-state index contributed by atoms with van der Waals surface area (Å²) in [5.74, 6) is 1.06. The Bertz CT molecular complexity index is 337. The van der Waals surface area contributed by atoms with E-state index in [1.807, 2.05) is 7.05 Å². The molecule has 1 N–H and O–H groups in total. The van der Waals surface area contributed by atoms with Gasteiger partial charge in [-0.3, -0.25) is 4.99 Å². The quantitative estimate of drug-likeness (QED) is 0.358. The molecule has 0 bridgehead atoms. The van der Waals surface area contributed by atoms with Gasteiger partial charge in [0.1, 0.15) is 0 Å². The summed E-state index contributed by atoms with van der Waals surface area (Å²) in [6, 6.07) is 0. The van der Waals surface area contributed by atoms with Crippen LogP contribution in [0.25, 0.3) is 0 Å². The van der Waals surface area contributed by atoms with Crippen molar-refractivity contribution in [2.75, 3.05) is 60.5 Å². The first-order valence-corrected chi connectivity index (χ1v) is 8.67. The molecule has 0 amide bonds. The van der Waals surface area contributed by atoms with Crippen LogP contribution in [-0.4, -0.2) is 76.3 Å². The fraction of sp³-hybridized carbons (Fsp3) is 0.941. The first kappa shape index (κ1) is 22.9. The van der Waals surface area contributed by atoms with E-state index < -0.39 is 0 Å². The molecule has 23 heavy (non-hydrogen) atoms. The van der Waals surface area contributed by atoms with Crippen LogP contribution >= 0.6 is 24.0 Å². The molecule has 1 aliphatic heterocycles. The number of hydrogen-bond donors (Lipinski definition) is 1. The highest BCUT2D eigenvalue weighted by Crippen LogP contribution is 2.33. The van der Waals surface area contributed by atoms with E-state index in [-0.39, 0.29) is 24.0 Å². The Kier molecular flexibility index (Phi) is 12.3. The Morgan fingerprint density at radius 2 is 2.13 bits per heavy atom. The van der Waals surface area contributed by atoms with Crippen molar-refractivity contribution in [1.82, 2.24) is 15.1 Å². The van der Waals surface area contributed by atoms with Crippen molar-refractivity contribution in [3.05, 3.63) is 0 Å². The number of aliphatic imine (C=N–C) groups is 1. The molecule has 0 aromatic carbocycles. The maximum atomic E-state index is 5.11. The second-order valence-corrected chi connectivity index (χ2v) is 6.86. The molecule has 1 aliphatic rings. The molecule has 0 saturated carbocycles. The molecule has 0 radical (unpaired) electrons. The van der Waals surface area contributed by atoms with Crippen molar-refractivity contribution in [1.29, 1.82) is 0 Å². The summed E-state index contributed by atoms with van der Waals surface area (Å²) in [5, 5.41) is 3.52. The zero-order valence-corrected chi connectivity index (χ0v) is 18.1. The molecule has 1 atom stereocenters. The van der Waals surface area contributed by atoms with E-state index >= 15 is 0 Å². The van der Waals surface area contributed by atoms with Gasteiger partial charge >= 0.3 is 0 Å². The van der Waals surface area contributed by atoms with Crippen molar-refractivity contribution in [2.45, 2.75) is 39.5 Å². The summed E-state index contributed by atoms with van der Waals surface area (Å²) in [7, 11) is 5.77. The van der Waals surface area contributed by atoms with E-state index in [0.29, 0.717) is 5.41 Å². The molecule has 1 unspecified atom stereocenters. The number of nitrogens with zero attached hydrogens (tertiary/aromatic N) is 3. The number of hydrogen-bond acceptors (Lipinski definition) is 3. The molecule has 0 aliphatic carbocycles. The van der Waals surface area contributed by atoms with Crippen LogP contribution in [0.15, 0.2) is 4.99 Å². The average molecular weight is 440 g/mol. The van der Waals surface area contributed by atoms with Gasteiger partial charge in [0, 0.05) is 46.9 Å². The van der Waals surface area contributed by atoms with Crippen molar-refractivity contribution in [2.24, 2.45) is 10.4 Å². The van der Waals surface area contributed by atoms with Gasteiger partial charge in [0.25, 0.3) is 0 Å². The Hall–Kier alpha value is -0.0800. The number of nitrogens with one attached hydrogen (secondary N) is 1. The first-order valence-electron chi connectivity index (χ1n) is 8.67. The minimum absolute atomic E-state index is 0. The highest BCUT2D eigenvalue weighted by atomic mass is 127. The van der Waals surface area contributed by atoms with Gasteiger partial charge in [0.05, 0.1) is 6.61 Å². The lowest BCUT2D eigenvalue weighted by Crippen LogP contribution is -2.50. The molecule has 1 heterocycles. The summed E-state index contributed by atoms with van der Waals surface area (Å²) in [5.41, 5.74) is 0.444. The molecule has 0 spiro atoms. The minimum Gasteiger partial charge on any atom is -0.383 e. The SMILES string of the molecule is CCCC1(C)CCCN(C(=NC)NCCN(C)CCOC)C1.I. The van der Waals surface area contributed by atoms with Crippen LogP contribution in [0.5, 0.6) is 0 Å². The fourth-order valence-electron chi connectivity index (χ4n) is 3.35. The highest BCUT2D eigenvalue weighted by Gasteiger charge is 2.31. The van der Waals surface area contributed by atoms with Crippen LogP contribution in [0.3, 0.4) is 0 Å². The minimum atomic E-state index is 0. The maximum absolute atomic E-state index is 5.11. The van der Waals surface area contributed by atoms with Gasteiger partial charge in [-0.25, -0.2) is 0 Å². The molecule has 0 aromatic rings. The van der Waals surface area contributed by atoms with Crippen LogP contribution in [0.1, 0.15) is 39.5 Å². The number of methoxy groups -OCH3 is 1. The Labute approximate surface area is 160 Å². The molecule has 5 nitrogen and oxygen atoms in total. The molecule has 0 aromatic heterocycles. The van der Waals surface area contributed by atoms with Crippen molar-refractivity contribution in [3.8, 4) is 0 Å². The second kappa shape index (κ2) is 12.3. The number of ether oxygens (including phenoxy) is 1. The van der Waals surface area contributed by atoms with E-state index in [1.165, 1.54) is 25.7 Å². The smallest absolute Gasteiger partial charge is 0.193 e. The number of likely N-dealkylation sites (tertiary alicyclic amines) is 1. The third-order valence-electron chi connectivity index (χ3n) is 4.60. The lowest BCUT2D eigenvalue weighted by Gasteiger charge is -2.42. The van der Waals surface area contributed by atoms with Gasteiger partial charge in [-0.1, -0.05) is 20.3 Å². The molecule has 6 heteroatoms. The van der Waals surface area contributed by atoms with E-state index in [1.54, 1.807) is 7.11 Å². The highest BCUT2D eigenvalue weighted by molar-refractivity contribution is 14.0. The number of rotatable bonds is 8. The van der Waals surface area contributed by atoms with Crippen LogP contribution in [0.2, 0.25) is 0 Å². The number of guanidine groups is 1. The first-order chi connectivity index (χ1) is 10.5. The average Bonchev–Trinajstić information content (AvgIpc) is 2.49. The predicted octanol–water partition coefficient (Wildman–Crippen LogP) is 2.66. The summed E-state index contributed by atoms with van der Waals surface area (Å²) in [6.07, 6.45) is 5.18. The van der Waals surface area contributed by atoms with Gasteiger partial charge < -0.3 is 19.9 Å². The third kappa shape index (κ3) is 8.54. The zero-order chi connectivity index (χ0) is 16.4. The van der Waals surface area contributed by atoms with Gasteiger partial charge in [-0.2, -0.15) is 0 Å². The Balaban J connectivity index is 0.00000484. The molecular formula is C17H37IN4O. The van der Waals surface area contributed by atoms with Crippen LogP contribution in [-0.2, 0) is 4.74 Å². The molecule has 1 fully saturated rings. The molecule has 138 valence electrons. The number of piperidine rings is 1. The second-order valence-electron chi connectivity index (χ2n) is 6.86. The molecule has 1 saturated heterocycles. The predicted molar refractivity (Wildman–Crippen MR) is 110 cm³/mol. The van der Waals surface area contributed by atoms with Crippen LogP contribution in [0, 0.1) is 5.41 Å². The lowest BCUT2D eigenvalue weighted by atomic mass is 9.78. The van der Waals surface area contributed by atoms with Crippen molar-refractivity contribution < 1.29 is 4.74 Å². The summed E-state index contributed by atoms with van der Waals surface area (Å²) in [4.78, 5) is 9.20. The van der Waals surface area contributed by atoms with E-state index in [2.05, 4.69) is 41.0 Å². The van der Waals surface area contributed by atoms with E-state index in [0.717, 1.165) is 45.3 Å². The molecular weight excluding hydrogens is 403 g/mol. The van der Waals surface area contributed by atoms with Gasteiger partial charge in [-0.05, 0) is 31.7 Å². The maximum Gasteiger partial charge on any atom is 0.193 e. The normalized spacial score (nSPS) is 22.2. The standard InChI is InChI=1S/C17H36N4O.HI/c1-6-8-17(2)9-7-11-21(15-17)16(18-3)19-10-12-20(4)13-14-22-5;/h6-15H2,1-5H3,(H,18,19);1H. The Morgan fingerprint density at radius 1 is 1.39 bits per heavy atom. The van der Waals surface area contributed by atoms with Gasteiger partial charge in [0.15, 0.2) is 5.96 Å². The lowest BCUT2D eigenvalue weighted by molar-refractivity contribution is 0.142. The van der Waals surface area contributed by atoms with Crippen LogP contribution < -0.4 is 5.32 Å². The van der Waals surface area contributed by atoms with Crippen molar-refractivity contribution >= 4 is 29.9 Å². The number of halogens is 1. The van der Waals surface area contributed by atoms with Crippen LogP contribution in [0.4, 0.5) is 0 Å². The van der Waals surface area contributed by atoms with E-state index in [4.69, 9.17) is 4.74 Å². The summed E-state index contributed by atoms with van der Waals surface area (Å²) >= 11 is 0.